The third-order valence-corrected chi connectivity index (χ3v) is 6.12. The van der Waals surface area contributed by atoms with Crippen molar-refractivity contribution in [2.75, 3.05) is 27.2 Å². The van der Waals surface area contributed by atoms with Gasteiger partial charge in [-0.1, -0.05) is 84.9 Å². The maximum absolute atomic E-state index is 13.3. The van der Waals surface area contributed by atoms with E-state index in [-0.39, 0.29) is 12.1 Å². The molecule has 1 aliphatic rings. The summed E-state index contributed by atoms with van der Waals surface area (Å²) in [7, 11) is 4.47. The molecule has 3 nitrogen and oxygen atoms in total. The van der Waals surface area contributed by atoms with Gasteiger partial charge in [0.05, 0.1) is 27.2 Å². The molecule has 0 N–H and O–H groups in total. The highest BCUT2D eigenvalue weighted by Gasteiger charge is 2.32. The molecule has 3 aromatic rings. The highest BCUT2D eigenvalue weighted by Crippen LogP contribution is 2.30. The predicted molar refractivity (Wildman–Crippen MR) is 121 cm³/mol. The number of esters is 1. The second-order valence-electron chi connectivity index (χ2n) is 8.85. The average molecular weight is 401 g/mol. The van der Waals surface area contributed by atoms with Crippen LogP contribution in [-0.2, 0) is 9.53 Å². The smallest absolute Gasteiger partial charge is 0.318 e. The van der Waals surface area contributed by atoms with Crippen LogP contribution in [-0.4, -0.2) is 43.7 Å². The lowest BCUT2D eigenvalue weighted by atomic mass is 9.90. The van der Waals surface area contributed by atoms with Crippen molar-refractivity contribution in [2.45, 2.75) is 24.9 Å². The molecular weight excluding hydrogens is 370 g/mol. The van der Waals surface area contributed by atoms with Crippen LogP contribution in [0.25, 0.3) is 11.1 Å². The van der Waals surface area contributed by atoms with E-state index < -0.39 is 5.92 Å². The Morgan fingerprint density at radius 1 is 0.767 bits per heavy atom. The van der Waals surface area contributed by atoms with Gasteiger partial charge in [0.25, 0.3) is 0 Å². The number of hydrogen-bond acceptors (Lipinski definition) is 2. The molecule has 154 valence electrons. The van der Waals surface area contributed by atoms with Crippen LogP contribution in [0.15, 0.2) is 84.9 Å². The lowest BCUT2D eigenvalue weighted by Gasteiger charge is -2.37. The van der Waals surface area contributed by atoms with E-state index in [2.05, 4.69) is 50.5 Å². The Morgan fingerprint density at radius 3 is 1.87 bits per heavy atom. The van der Waals surface area contributed by atoms with Crippen LogP contribution >= 0.6 is 0 Å². The van der Waals surface area contributed by atoms with E-state index in [1.54, 1.807) is 0 Å². The van der Waals surface area contributed by atoms with Gasteiger partial charge in [-0.2, -0.15) is 0 Å². The van der Waals surface area contributed by atoms with Crippen LogP contribution in [0.2, 0.25) is 0 Å². The number of rotatable bonds is 5. The van der Waals surface area contributed by atoms with E-state index in [0.717, 1.165) is 47.1 Å². The first kappa shape index (κ1) is 20.4. The first-order chi connectivity index (χ1) is 14.5. The Kier molecular flexibility index (Phi) is 6.01. The molecule has 0 saturated carbocycles. The number of ether oxygens (including phenoxy) is 1. The normalized spacial score (nSPS) is 17.3. The number of hydrogen-bond donors (Lipinski definition) is 0. The van der Waals surface area contributed by atoms with Gasteiger partial charge in [-0.3, -0.25) is 4.79 Å². The molecule has 3 aromatic carbocycles. The summed E-state index contributed by atoms with van der Waals surface area (Å²) < 4.78 is 7.02. The number of likely N-dealkylation sites (tertiary alicyclic amines) is 1. The fourth-order valence-electron chi connectivity index (χ4n) is 4.20. The van der Waals surface area contributed by atoms with Crippen LogP contribution in [0.4, 0.5) is 0 Å². The average Bonchev–Trinajstić information content (AvgIpc) is 2.77. The molecule has 0 aromatic heterocycles. The fourth-order valence-corrected chi connectivity index (χ4v) is 4.20. The molecular formula is C27H30NO2+. The largest absolute Gasteiger partial charge is 0.461 e. The maximum Gasteiger partial charge on any atom is 0.318 e. The monoisotopic (exact) mass is 400 g/mol. The number of piperidine rings is 1. The zero-order chi connectivity index (χ0) is 21.0. The first-order valence-electron chi connectivity index (χ1n) is 10.7. The van der Waals surface area contributed by atoms with Crippen molar-refractivity contribution in [3.63, 3.8) is 0 Å². The summed E-state index contributed by atoms with van der Waals surface area (Å²) in [4.78, 5) is 13.3. The molecule has 1 aliphatic heterocycles. The van der Waals surface area contributed by atoms with Gasteiger partial charge in [0.2, 0.25) is 0 Å². The number of benzene rings is 3. The van der Waals surface area contributed by atoms with E-state index in [4.69, 9.17) is 4.74 Å². The number of quaternary nitrogens is 1. The molecule has 0 bridgehead atoms. The summed E-state index contributed by atoms with van der Waals surface area (Å²) in [6, 6.07) is 28.6. The minimum Gasteiger partial charge on any atom is -0.461 e. The Balaban J connectivity index is 1.57. The molecule has 0 spiro atoms. The SMILES string of the molecule is C[N+]1(C)CCC(OC(=O)C(c2ccccc2)c2ccc(-c3ccccc3)cc2)CC1. The molecule has 30 heavy (non-hydrogen) atoms. The Bertz CT molecular complexity index is 955. The molecule has 1 saturated heterocycles. The second kappa shape index (κ2) is 8.85. The van der Waals surface area contributed by atoms with E-state index in [0.29, 0.717) is 0 Å². The fraction of sp³-hybridized carbons (Fsp3) is 0.296. The van der Waals surface area contributed by atoms with Crippen molar-refractivity contribution in [1.29, 1.82) is 0 Å². The van der Waals surface area contributed by atoms with Crippen molar-refractivity contribution in [3.05, 3.63) is 96.1 Å². The number of carbonyl (C=O) groups excluding carboxylic acids is 1. The zero-order valence-electron chi connectivity index (χ0n) is 17.8. The summed E-state index contributed by atoms with van der Waals surface area (Å²) in [5.74, 6) is -0.550. The minimum absolute atomic E-state index is 0.0125. The Hall–Kier alpha value is -2.91. The van der Waals surface area contributed by atoms with Gasteiger partial charge in [-0.05, 0) is 22.3 Å². The van der Waals surface area contributed by atoms with E-state index in [1.807, 2.05) is 48.5 Å². The summed E-state index contributed by atoms with van der Waals surface area (Å²) in [5, 5.41) is 0. The third kappa shape index (κ3) is 4.80. The van der Waals surface area contributed by atoms with Crippen molar-refractivity contribution in [2.24, 2.45) is 0 Å². The van der Waals surface area contributed by atoms with Gasteiger partial charge >= 0.3 is 5.97 Å². The quantitative estimate of drug-likeness (QED) is 0.431. The molecule has 1 fully saturated rings. The van der Waals surface area contributed by atoms with Crippen molar-refractivity contribution in [1.82, 2.24) is 0 Å². The lowest BCUT2D eigenvalue weighted by Crippen LogP contribution is -2.48. The molecule has 0 aliphatic carbocycles. The standard InChI is InChI=1S/C27H30NO2/c1-28(2)19-17-25(18-20-28)30-27(29)26(23-11-7-4-8-12-23)24-15-13-22(14-16-24)21-9-5-3-6-10-21/h3-16,25-26H,17-20H2,1-2H3/q+1. The lowest BCUT2D eigenvalue weighted by molar-refractivity contribution is -0.896. The van der Waals surface area contributed by atoms with Gasteiger partial charge in [-0.25, -0.2) is 0 Å². The minimum atomic E-state index is -0.402. The van der Waals surface area contributed by atoms with Gasteiger partial charge in [0.1, 0.15) is 12.0 Å². The predicted octanol–water partition coefficient (Wildman–Crippen LogP) is 5.27. The van der Waals surface area contributed by atoms with Gasteiger partial charge in [0.15, 0.2) is 0 Å². The van der Waals surface area contributed by atoms with E-state index in [1.165, 1.54) is 5.56 Å². The summed E-state index contributed by atoms with van der Waals surface area (Å²) in [5.41, 5.74) is 4.26. The summed E-state index contributed by atoms with van der Waals surface area (Å²) in [6.07, 6.45) is 1.86. The van der Waals surface area contributed by atoms with Gasteiger partial charge in [0, 0.05) is 12.8 Å². The zero-order valence-corrected chi connectivity index (χ0v) is 17.8. The Morgan fingerprint density at radius 2 is 1.27 bits per heavy atom. The second-order valence-corrected chi connectivity index (χ2v) is 8.85. The maximum atomic E-state index is 13.3. The van der Waals surface area contributed by atoms with Crippen LogP contribution < -0.4 is 0 Å². The van der Waals surface area contributed by atoms with E-state index in [9.17, 15) is 4.79 Å². The van der Waals surface area contributed by atoms with Crippen molar-refractivity contribution < 1.29 is 14.0 Å². The summed E-state index contributed by atoms with van der Waals surface area (Å²) >= 11 is 0. The van der Waals surface area contributed by atoms with Crippen molar-refractivity contribution in [3.8, 4) is 11.1 Å². The molecule has 1 unspecified atom stereocenters. The molecule has 0 amide bonds. The Labute approximate surface area is 179 Å². The van der Waals surface area contributed by atoms with Crippen LogP contribution in [0, 0.1) is 0 Å². The highest BCUT2D eigenvalue weighted by atomic mass is 16.5. The highest BCUT2D eigenvalue weighted by molar-refractivity contribution is 5.82. The van der Waals surface area contributed by atoms with Crippen LogP contribution in [0.5, 0.6) is 0 Å². The van der Waals surface area contributed by atoms with Gasteiger partial charge < -0.3 is 9.22 Å². The third-order valence-electron chi connectivity index (χ3n) is 6.12. The first-order valence-corrected chi connectivity index (χ1v) is 10.7. The molecule has 4 rings (SSSR count). The van der Waals surface area contributed by atoms with Crippen LogP contribution in [0.1, 0.15) is 29.9 Å². The van der Waals surface area contributed by atoms with Crippen molar-refractivity contribution >= 4 is 5.97 Å². The number of nitrogens with zero attached hydrogens (tertiary/aromatic N) is 1. The topological polar surface area (TPSA) is 26.3 Å². The van der Waals surface area contributed by atoms with E-state index >= 15 is 0 Å². The molecule has 0 radical (unpaired) electrons. The van der Waals surface area contributed by atoms with Crippen LogP contribution in [0.3, 0.4) is 0 Å². The molecule has 1 atom stereocenters. The molecule has 1 heterocycles. The van der Waals surface area contributed by atoms with Gasteiger partial charge in [-0.15, -0.1) is 0 Å². The number of carbonyl (C=O) groups is 1. The molecule has 3 heteroatoms. The summed E-state index contributed by atoms with van der Waals surface area (Å²) in [6.45, 7) is 2.08.